The molecule has 4 heteroatoms. The van der Waals surface area contributed by atoms with Crippen molar-refractivity contribution < 1.29 is 9.90 Å². The van der Waals surface area contributed by atoms with E-state index in [1.807, 2.05) is 31.2 Å². The van der Waals surface area contributed by atoms with Gasteiger partial charge in [-0.3, -0.25) is 0 Å². The van der Waals surface area contributed by atoms with Gasteiger partial charge in [-0.2, -0.15) is 0 Å². The van der Waals surface area contributed by atoms with Gasteiger partial charge in [0.25, 0.3) is 0 Å². The van der Waals surface area contributed by atoms with E-state index in [-0.39, 0.29) is 0 Å². The lowest BCUT2D eigenvalue weighted by atomic mass is 10.3. The Bertz CT molecular complexity index is 497. The molecule has 1 aromatic carbocycles. The molecular formula is C13H14N2O2. The van der Waals surface area contributed by atoms with Gasteiger partial charge < -0.3 is 10.1 Å². The number of carbonyl (C=O) groups is 1. The molecule has 1 heterocycles. The number of aromatic amines is 1. The smallest absolute Gasteiger partial charge is 0.328 e. The second kappa shape index (κ2) is 7.00. The Kier molecular flexibility index (Phi) is 5.24. The Morgan fingerprint density at radius 3 is 2.76 bits per heavy atom. The molecule has 0 unspecified atom stereocenters. The van der Waals surface area contributed by atoms with Crippen molar-refractivity contribution in [2.24, 2.45) is 0 Å². The van der Waals surface area contributed by atoms with Gasteiger partial charge in [0.05, 0.1) is 17.4 Å². The minimum atomic E-state index is -0.914. The minimum absolute atomic E-state index is 0.914. The van der Waals surface area contributed by atoms with Crippen molar-refractivity contribution in [3.8, 4) is 0 Å². The van der Waals surface area contributed by atoms with Crippen molar-refractivity contribution >= 4 is 17.0 Å². The van der Waals surface area contributed by atoms with E-state index in [1.54, 1.807) is 18.5 Å². The van der Waals surface area contributed by atoms with E-state index >= 15 is 0 Å². The number of aliphatic carboxylic acids is 1. The summed E-state index contributed by atoms with van der Waals surface area (Å²) >= 11 is 0. The van der Waals surface area contributed by atoms with Crippen LogP contribution in [0.2, 0.25) is 0 Å². The molecule has 88 valence electrons. The number of hydrogen-bond acceptors (Lipinski definition) is 2. The standard InChI is InChI=1S/C7H6N2.C6H8O2/c1-2-4-7-6(3-1)8-5-9-7;1-2-3-4-5-6(7)8/h1-5H,(H,8,9);2-5H,1H3,(H,7,8)/b;3-2+,5-4+. The number of benzene rings is 1. The van der Waals surface area contributed by atoms with Crippen LogP contribution in [0.3, 0.4) is 0 Å². The van der Waals surface area contributed by atoms with Crippen molar-refractivity contribution in [1.29, 1.82) is 0 Å². The van der Waals surface area contributed by atoms with Gasteiger partial charge in [-0.15, -0.1) is 0 Å². The molecule has 0 atom stereocenters. The fourth-order valence-corrected chi connectivity index (χ4v) is 1.13. The normalized spacial score (nSPS) is 10.6. The molecule has 17 heavy (non-hydrogen) atoms. The topological polar surface area (TPSA) is 66.0 Å². The highest BCUT2D eigenvalue weighted by Gasteiger charge is 1.88. The third-order valence-electron chi connectivity index (χ3n) is 1.87. The maximum Gasteiger partial charge on any atom is 0.328 e. The van der Waals surface area contributed by atoms with Gasteiger partial charge in [-0.1, -0.05) is 30.4 Å². The number of nitrogens with zero attached hydrogens (tertiary/aromatic N) is 1. The van der Waals surface area contributed by atoms with Gasteiger partial charge in [0.1, 0.15) is 0 Å². The summed E-state index contributed by atoms with van der Waals surface area (Å²) in [6, 6.07) is 7.94. The Morgan fingerprint density at radius 2 is 2.12 bits per heavy atom. The lowest BCUT2D eigenvalue weighted by molar-refractivity contribution is -0.131. The molecule has 0 saturated heterocycles. The van der Waals surface area contributed by atoms with E-state index in [9.17, 15) is 4.79 Å². The number of aromatic nitrogens is 2. The molecule has 0 spiro atoms. The summed E-state index contributed by atoms with van der Waals surface area (Å²) in [5.74, 6) is -0.914. The number of rotatable bonds is 2. The molecule has 0 aliphatic rings. The van der Waals surface area contributed by atoms with Crippen LogP contribution in [-0.2, 0) is 4.79 Å². The average Bonchev–Trinajstić information content (AvgIpc) is 2.78. The van der Waals surface area contributed by atoms with Gasteiger partial charge >= 0.3 is 5.97 Å². The summed E-state index contributed by atoms with van der Waals surface area (Å²) in [5.41, 5.74) is 2.12. The molecule has 0 aliphatic heterocycles. The fraction of sp³-hybridized carbons (Fsp3) is 0.0769. The maximum absolute atomic E-state index is 9.75. The maximum atomic E-state index is 9.75. The highest BCUT2D eigenvalue weighted by atomic mass is 16.4. The van der Waals surface area contributed by atoms with Gasteiger partial charge in [0.2, 0.25) is 0 Å². The van der Waals surface area contributed by atoms with Crippen LogP contribution in [0.5, 0.6) is 0 Å². The SMILES string of the molecule is C/C=C/C=C/C(=O)O.c1ccc2[nH]cnc2c1. The summed E-state index contributed by atoms with van der Waals surface area (Å²) in [6.45, 7) is 1.83. The molecule has 4 nitrogen and oxygen atoms in total. The monoisotopic (exact) mass is 230 g/mol. The van der Waals surface area contributed by atoms with Crippen LogP contribution in [0, 0.1) is 0 Å². The Balaban J connectivity index is 0.000000172. The van der Waals surface area contributed by atoms with Crippen molar-refractivity contribution in [3.05, 3.63) is 54.9 Å². The molecule has 1 aromatic heterocycles. The lowest BCUT2D eigenvalue weighted by Crippen LogP contribution is -1.83. The van der Waals surface area contributed by atoms with Crippen molar-refractivity contribution in [3.63, 3.8) is 0 Å². The largest absolute Gasteiger partial charge is 0.478 e. The molecular weight excluding hydrogens is 216 g/mol. The molecule has 0 amide bonds. The van der Waals surface area contributed by atoms with Crippen molar-refractivity contribution in [2.45, 2.75) is 6.92 Å². The second-order valence-electron chi connectivity index (χ2n) is 3.14. The zero-order valence-corrected chi connectivity index (χ0v) is 9.50. The molecule has 0 bridgehead atoms. The molecule has 0 aliphatic carbocycles. The quantitative estimate of drug-likeness (QED) is 0.615. The molecule has 2 rings (SSSR count). The summed E-state index contributed by atoms with van der Waals surface area (Å²) in [6.07, 6.45) is 7.68. The lowest BCUT2D eigenvalue weighted by Gasteiger charge is -1.81. The van der Waals surface area contributed by atoms with E-state index in [2.05, 4.69) is 9.97 Å². The third-order valence-corrected chi connectivity index (χ3v) is 1.87. The van der Waals surface area contributed by atoms with E-state index in [0.29, 0.717) is 0 Å². The Hall–Kier alpha value is -2.36. The number of fused-ring (bicyclic) bond motifs is 1. The molecule has 0 radical (unpaired) electrons. The van der Waals surface area contributed by atoms with Crippen LogP contribution in [0.25, 0.3) is 11.0 Å². The van der Waals surface area contributed by atoms with Crippen LogP contribution < -0.4 is 0 Å². The summed E-state index contributed by atoms with van der Waals surface area (Å²) < 4.78 is 0. The zero-order chi connectivity index (χ0) is 12.5. The molecule has 0 saturated carbocycles. The third kappa shape index (κ3) is 4.79. The number of H-pyrrole nitrogens is 1. The minimum Gasteiger partial charge on any atom is -0.478 e. The summed E-state index contributed by atoms with van der Waals surface area (Å²) in [7, 11) is 0. The van der Waals surface area contributed by atoms with Crippen LogP contribution in [0.4, 0.5) is 0 Å². The van der Waals surface area contributed by atoms with E-state index in [1.165, 1.54) is 6.08 Å². The number of para-hydroxylation sites is 2. The number of nitrogens with one attached hydrogen (secondary N) is 1. The first-order valence-corrected chi connectivity index (χ1v) is 5.14. The van der Waals surface area contributed by atoms with Gasteiger partial charge in [-0.25, -0.2) is 9.78 Å². The van der Waals surface area contributed by atoms with Crippen LogP contribution in [-0.4, -0.2) is 21.0 Å². The van der Waals surface area contributed by atoms with Gasteiger partial charge in [-0.05, 0) is 19.1 Å². The predicted octanol–water partition coefficient (Wildman–Crippen LogP) is 2.77. The summed E-state index contributed by atoms with van der Waals surface area (Å²) in [5, 5.41) is 8.02. The number of imidazole rings is 1. The van der Waals surface area contributed by atoms with Gasteiger partial charge in [0.15, 0.2) is 0 Å². The van der Waals surface area contributed by atoms with Crippen LogP contribution in [0.1, 0.15) is 6.92 Å². The Labute approximate surface area is 99.3 Å². The highest BCUT2D eigenvalue weighted by molar-refractivity contribution is 5.80. The van der Waals surface area contributed by atoms with Gasteiger partial charge in [0, 0.05) is 6.08 Å². The van der Waals surface area contributed by atoms with Crippen molar-refractivity contribution in [2.75, 3.05) is 0 Å². The average molecular weight is 230 g/mol. The molecule has 2 aromatic rings. The van der Waals surface area contributed by atoms with E-state index in [4.69, 9.17) is 5.11 Å². The highest BCUT2D eigenvalue weighted by Crippen LogP contribution is 2.05. The van der Waals surface area contributed by atoms with E-state index < -0.39 is 5.97 Å². The van der Waals surface area contributed by atoms with Crippen molar-refractivity contribution in [1.82, 2.24) is 9.97 Å². The van der Waals surface area contributed by atoms with Crippen LogP contribution in [0.15, 0.2) is 54.9 Å². The number of hydrogen-bond donors (Lipinski definition) is 2. The predicted molar refractivity (Wildman–Crippen MR) is 67.7 cm³/mol. The Morgan fingerprint density at radius 1 is 1.35 bits per heavy atom. The summed E-state index contributed by atoms with van der Waals surface area (Å²) in [4.78, 5) is 16.8. The molecule has 2 N–H and O–H groups in total. The fourth-order valence-electron chi connectivity index (χ4n) is 1.13. The zero-order valence-electron chi connectivity index (χ0n) is 9.50. The van der Waals surface area contributed by atoms with Crippen LogP contribution >= 0.6 is 0 Å². The number of carboxylic acids is 1. The first-order valence-electron chi connectivity index (χ1n) is 5.14. The van der Waals surface area contributed by atoms with E-state index in [0.717, 1.165) is 17.1 Å². The second-order valence-corrected chi connectivity index (χ2v) is 3.14. The number of carboxylic acid groups (broad SMARTS) is 1. The molecule has 0 fully saturated rings. The first kappa shape index (κ1) is 12.7. The number of allylic oxidation sites excluding steroid dienone is 3. The first-order chi connectivity index (χ1) is 8.24.